The van der Waals surface area contributed by atoms with Crippen molar-refractivity contribution in [2.45, 2.75) is 12.8 Å². The second-order valence-electron chi connectivity index (χ2n) is 3.87. The van der Waals surface area contributed by atoms with E-state index in [-0.39, 0.29) is 0 Å². The molecule has 0 aliphatic heterocycles. The van der Waals surface area contributed by atoms with E-state index in [1.54, 1.807) is 13.3 Å². The molecule has 18 heavy (non-hydrogen) atoms. The Morgan fingerprint density at radius 2 is 2.11 bits per heavy atom. The van der Waals surface area contributed by atoms with Gasteiger partial charge in [-0.25, -0.2) is 4.98 Å². The molecule has 0 aliphatic rings. The number of methoxy groups -OCH3 is 1. The molecule has 1 heterocycles. The Labute approximate surface area is 108 Å². The lowest BCUT2D eigenvalue weighted by Gasteiger charge is -2.01. The fourth-order valence-electron chi connectivity index (χ4n) is 1.62. The van der Waals surface area contributed by atoms with Gasteiger partial charge in [-0.1, -0.05) is 24.1 Å². The molecule has 0 unspecified atom stereocenters. The van der Waals surface area contributed by atoms with E-state index in [4.69, 9.17) is 4.74 Å². The first-order valence-corrected chi connectivity index (χ1v) is 5.91. The minimum Gasteiger partial charge on any atom is -0.497 e. The van der Waals surface area contributed by atoms with Crippen LogP contribution in [0.15, 0.2) is 48.7 Å². The van der Waals surface area contributed by atoms with Gasteiger partial charge < -0.3 is 4.74 Å². The quantitative estimate of drug-likeness (QED) is 0.765. The van der Waals surface area contributed by atoms with E-state index in [1.807, 2.05) is 36.4 Å². The van der Waals surface area contributed by atoms with E-state index in [9.17, 15) is 0 Å². The molecule has 1 aromatic carbocycles. The fourth-order valence-corrected chi connectivity index (χ4v) is 1.62. The Balaban J connectivity index is 1.91. The Morgan fingerprint density at radius 3 is 2.89 bits per heavy atom. The van der Waals surface area contributed by atoms with Crippen molar-refractivity contribution in [1.29, 1.82) is 0 Å². The summed E-state index contributed by atoms with van der Waals surface area (Å²) in [5.74, 6) is 7.08. The second-order valence-corrected chi connectivity index (χ2v) is 3.87. The number of benzene rings is 1. The van der Waals surface area contributed by atoms with Crippen LogP contribution in [0, 0.1) is 11.8 Å². The molecule has 0 aliphatic carbocycles. The maximum atomic E-state index is 5.18. The van der Waals surface area contributed by atoms with Crippen molar-refractivity contribution in [3.63, 3.8) is 0 Å². The largest absolute Gasteiger partial charge is 0.497 e. The van der Waals surface area contributed by atoms with Gasteiger partial charge in [-0.2, -0.15) is 0 Å². The minimum absolute atomic E-state index is 0.822. The number of hydrogen-bond donors (Lipinski definition) is 0. The number of aryl methyl sites for hydroxylation is 1. The predicted octanol–water partition coefficient (Wildman–Crippen LogP) is 3.07. The smallest absolute Gasteiger partial charge is 0.119 e. The molecule has 0 saturated heterocycles. The maximum absolute atomic E-state index is 5.18. The van der Waals surface area contributed by atoms with Crippen LogP contribution in [0.3, 0.4) is 0 Å². The molecule has 0 radical (unpaired) electrons. The van der Waals surface area contributed by atoms with E-state index >= 15 is 0 Å². The van der Waals surface area contributed by atoms with Crippen LogP contribution in [0.4, 0.5) is 0 Å². The number of ether oxygens (including phenoxy) is 1. The van der Waals surface area contributed by atoms with Crippen LogP contribution in [-0.2, 0) is 6.42 Å². The van der Waals surface area contributed by atoms with E-state index in [0.29, 0.717) is 0 Å². The first-order chi connectivity index (χ1) is 8.88. The van der Waals surface area contributed by atoms with Gasteiger partial charge in [0.05, 0.1) is 7.11 Å². The molecule has 90 valence electrons. The highest BCUT2D eigenvalue weighted by atomic mass is 16.5. The van der Waals surface area contributed by atoms with Gasteiger partial charge in [-0.15, -0.1) is 0 Å². The van der Waals surface area contributed by atoms with E-state index < -0.39 is 0 Å². The van der Waals surface area contributed by atoms with Crippen LogP contribution in [0.25, 0.3) is 0 Å². The molecular weight excluding hydrogens is 222 g/mol. The van der Waals surface area contributed by atoms with E-state index in [0.717, 1.165) is 24.3 Å². The summed E-state index contributed by atoms with van der Waals surface area (Å²) in [6, 6.07) is 13.8. The van der Waals surface area contributed by atoms with Crippen molar-refractivity contribution in [3.8, 4) is 17.6 Å². The second kappa shape index (κ2) is 6.46. The van der Waals surface area contributed by atoms with Crippen molar-refractivity contribution < 1.29 is 4.74 Å². The molecule has 2 heteroatoms. The molecule has 2 nitrogen and oxygen atoms in total. The van der Waals surface area contributed by atoms with Gasteiger partial charge in [0.25, 0.3) is 0 Å². The summed E-state index contributed by atoms with van der Waals surface area (Å²) in [6.07, 6.45) is 3.51. The summed E-state index contributed by atoms with van der Waals surface area (Å²) in [5.41, 5.74) is 2.06. The van der Waals surface area contributed by atoms with Gasteiger partial charge in [-0.05, 0) is 42.2 Å². The average molecular weight is 237 g/mol. The zero-order valence-corrected chi connectivity index (χ0v) is 10.4. The predicted molar refractivity (Wildman–Crippen MR) is 72.4 cm³/mol. The number of aromatic nitrogens is 1. The van der Waals surface area contributed by atoms with Gasteiger partial charge in [0.1, 0.15) is 11.4 Å². The molecule has 1 aromatic heterocycles. The molecule has 2 rings (SSSR count). The van der Waals surface area contributed by atoms with Gasteiger partial charge in [-0.3, -0.25) is 0 Å². The molecular formula is C16H15NO. The lowest BCUT2D eigenvalue weighted by molar-refractivity contribution is 0.414. The first-order valence-electron chi connectivity index (χ1n) is 5.91. The summed E-state index contributed by atoms with van der Waals surface area (Å²) in [5, 5.41) is 0. The van der Waals surface area contributed by atoms with Gasteiger partial charge in [0.15, 0.2) is 0 Å². The van der Waals surface area contributed by atoms with Gasteiger partial charge in [0.2, 0.25) is 0 Å². The number of pyridine rings is 1. The zero-order valence-electron chi connectivity index (χ0n) is 10.4. The monoisotopic (exact) mass is 237 g/mol. The Kier molecular flexibility index (Phi) is 4.38. The molecule has 0 fully saturated rings. The Hall–Kier alpha value is -2.27. The number of nitrogens with zero attached hydrogens (tertiary/aromatic N) is 1. The third kappa shape index (κ3) is 3.64. The summed E-state index contributed by atoms with van der Waals surface area (Å²) < 4.78 is 5.18. The lowest BCUT2D eigenvalue weighted by atomic mass is 10.1. The number of rotatable bonds is 3. The highest BCUT2D eigenvalue weighted by Crippen LogP contribution is 2.13. The van der Waals surface area contributed by atoms with Crippen molar-refractivity contribution in [2.24, 2.45) is 0 Å². The summed E-state index contributed by atoms with van der Waals surface area (Å²) in [6.45, 7) is 0. The maximum Gasteiger partial charge on any atom is 0.119 e. The van der Waals surface area contributed by atoms with Gasteiger partial charge in [0, 0.05) is 12.6 Å². The van der Waals surface area contributed by atoms with Crippen molar-refractivity contribution in [2.75, 3.05) is 7.11 Å². The first kappa shape index (κ1) is 12.2. The molecule has 0 bridgehead atoms. The van der Waals surface area contributed by atoms with Crippen LogP contribution in [0.5, 0.6) is 5.75 Å². The third-order valence-corrected chi connectivity index (χ3v) is 2.55. The molecule has 0 N–H and O–H groups in total. The van der Waals surface area contributed by atoms with Crippen LogP contribution < -0.4 is 4.74 Å². The molecule has 0 amide bonds. The number of hydrogen-bond acceptors (Lipinski definition) is 2. The van der Waals surface area contributed by atoms with Gasteiger partial charge >= 0.3 is 0 Å². The molecule has 0 atom stereocenters. The average Bonchev–Trinajstić information content (AvgIpc) is 2.45. The van der Waals surface area contributed by atoms with Crippen molar-refractivity contribution in [1.82, 2.24) is 4.98 Å². The Morgan fingerprint density at radius 1 is 1.17 bits per heavy atom. The normalized spacial score (nSPS) is 9.39. The summed E-state index contributed by atoms with van der Waals surface area (Å²) in [7, 11) is 1.68. The third-order valence-electron chi connectivity index (χ3n) is 2.55. The van der Waals surface area contributed by atoms with Crippen molar-refractivity contribution in [3.05, 3.63) is 59.9 Å². The topological polar surface area (TPSA) is 22.1 Å². The van der Waals surface area contributed by atoms with Crippen molar-refractivity contribution >= 4 is 0 Å². The highest BCUT2D eigenvalue weighted by Gasteiger charge is 1.94. The molecule has 2 aromatic rings. The summed E-state index contributed by atoms with van der Waals surface area (Å²) in [4.78, 5) is 4.16. The fraction of sp³-hybridized carbons (Fsp3) is 0.188. The standard InChI is InChI=1S/C16H15NO/c1-18-16-11-6-8-14(13-16)7-2-3-9-15-10-4-5-12-17-15/h4-6,8,10-13H,2,7H2,1H3. The molecule has 0 spiro atoms. The van der Waals surface area contributed by atoms with Crippen LogP contribution in [0.1, 0.15) is 17.7 Å². The SMILES string of the molecule is COc1cccc(CCC#Cc2ccccn2)c1. The zero-order chi connectivity index (χ0) is 12.6. The highest BCUT2D eigenvalue weighted by molar-refractivity contribution is 5.30. The Bertz CT molecular complexity index is 552. The molecule has 0 saturated carbocycles. The summed E-state index contributed by atoms with van der Waals surface area (Å²) >= 11 is 0. The van der Waals surface area contributed by atoms with Crippen LogP contribution in [0.2, 0.25) is 0 Å². The van der Waals surface area contributed by atoms with E-state index in [1.165, 1.54) is 5.56 Å². The lowest BCUT2D eigenvalue weighted by Crippen LogP contribution is -1.87. The van der Waals surface area contributed by atoms with Crippen LogP contribution >= 0.6 is 0 Å². The van der Waals surface area contributed by atoms with E-state index in [2.05, 4.69) is 22.9 Å². The minimum atomic E-state index is 0.822. The van der Waals surface area contributed by atoms with Crippen LogP contribution in [-0.4, -0.2) is 12.1 Å².